The summed E-state index contributed by atoms with van der Waals surface area (Å²) < 4.78 is 82.3. The number of nitrogens with zero attached hydrogens (tertiary/aromatic N) is 4. The number of methoxy groups -OCH3 is 1. The van der Waals surface area contributed by atoms with Crippen LogP contribution >= 0.6 is 11.3 Å². The lowest BCUT2D eigenvalue weighted by Gasteiger charge is -2.11. The number of halogens is 6. The van der Waals surface area contributed by atoms with E-state index in [0.29, 0.717) is 16.9 Å². The third-order valence-corrected chi connectivity index (χ3v) is 4.09. The van der Waals surface area contributed by atoms with Gasteiger partial charge in [0.1, 0.15) is 5.01 Å². The van der Waals surface area contributed by atoms with Crippen molar-refractivity contribution < 1.29 is 31.1 Å². The number of nitrogens with two attached hydrogens (primary N) is 1. The van der Waals surface area contributed by atoms with Crippen molar-refractivity contribution in [3.05, 3.63) is 32.8 Å². The molecule has 7 nitrogen and oxygen atoms in total. The zero-order valence-corrected chi connectivity index (χ0v) is 15.0. The molecule has 14 heteroatoms. The molecule has 154 valence electrons. The molecule has 28 heavy (non-hydrogen) atoms. The Morgan fingerprint density at radius 1 is 1.32 bits per heavy atom. The molecule has 2 rings (SSSR count). The van der Waals surface area contributed by atoms with E-state index in [1.165, 1.54) is 7.11 Å². The zero-order chi connectivity index (χ0) is 21.1. The highest BCUT2D eigenvalue weighted by atomic mass is 32.1. The van der Waals surface area contributed by atoms with Gasteiger partial charge in [-0.05, 0) is 0 Å². The second-order valence-electron chi connectivity index (χ2n) is 5.28. The summed E-state index contributed by atoms with van der Waals surface area (Å²) in [6, 6.07) is 0. The largest absolute Gasteiger partial charge is 0.434 e. The summed E-state index contributed by atoms with van der Waals surface area (Å²) in [6.07, 6.45) is -9.48. The third-order valence-electron chi connectivity index (χ3n) is 3.21. The maximum absolute atomic E-state index is 13.4. The van der Waals surface area contributed by atoms with Crippen LogP contribution in [0.2, 0.25) is 0 Å². The lowest BCUT2D eigenvalue weighted by Crippen LogP contribution is -2.27. The Labute approximate surface area is 157 Å². The van der Waals surface area contributed by atoms with Crippen LogP contribution in [0, 0.1) is 0 Å². The minimum absolute atomic E-state index is 0.0529. The van der Waals surface area contributed by atoms with Crippen LogP contribution in [-0.4, -0.2) is 40.6 Å². The van der Waals surface area contributed by atoms with Crippen molar-refractivity contribution in [1.82, 2.24) is 14.6 Å². The molecule has 0 radical (unpaired) electrons. The highest BCUT2D eigenvalue weighted by Crippen LogP contribution is 2.32. The fourth-order valence-corrected chi connectivity index (χ4v) is 2.93. The molecule has 0 bridgehead atoms. The molecule has 0 aliphatic rings. The first kappa shape index (κ1) is 21.8. The number of ether oxygens (including phenoxy) is 1. The molecule has 0 aliphatic carbocycles. The number of aliphatic imine (C=N–C) groups is 1. The van der Waals surface area contributed by atoms with E-state index < -0.39 is 47.7 Å². The van der Waals surface area contributed by atoms with E-state index in [0.717, 1.165) is 11.3 Å². The van der Waals surface area contributed by atoms with Crippen LogP contribution in [0.3, 0.4) is 0 Å². The highest BCUT2D eigenvalue weighted by Gasteiger charge is 2.39. The molecule has 0 aliphatic heterocycles. The number of allylic oxidation sites excluding steroid dienone is 1. The van der Waals surface area contributed by atoms with E-state index in [1.54, 1.807) is 0 Å². The summed E-state index contributed by atoms with van der Waals surface area (Å²) in [7, 11) is 1.33. The summed E-state index contributed by atoms with van der Waals surface area (Å²) >= 11 is 0.725. The quantitative estimate of drug-likeness (QED) is 0.563. The van der Waals surface area contributed by atoms with Crippen LogP contribution in [0.1, 0.15) is 22.7 Å². The van der Waals surface area contributed by atoms with E-state index in [-0.39, 0.29) is 16.6 Å². The van der Waals surface area contributed by atoms with Crippen molar-refractivity contribution in [1.29, 1.82) is 0 Å². The zero-order valence-electron chi connectivity index (χ0n) is 14.1. The van der Waals surface area contributed by atoms with Gasteiger partial charge in [-0.2, -0.15) is 36.0 Å². The molecule has 2 aromatic rings. The molecule has 0 aromatic carbocycles. The summed E-state index contributed by atoms with van der Waals surface area (Å²) in [5.74, 6) is 0. The second kappa shape index (κ2) is 8.26. The molecule has 2 heterocycles. The van der Waals surface area contributed by atoms with Gasteiger partial charge >= 0.3 is 12.4 Å². The first-order valence-corrected chi connectivity index (χ1v) is 8.27. The SMILES string of the molecule is COCc1nn2c(=O)c(C(C=NCCC(F)(F)F)=CN)c(C(F)(F)F)nc2s1. The maximum atomic E-state index is 13.4. The van der Waals surface area contributed by atoms with Crippen LogP contribution in [0.4, 0.5) is 26.3 Å². The van der Waals surface area contributed by atoms with Crippen LogP contribution < -0.4 is 11.3 Å². The Kier molecular flexibility index (Phi) is 6.44. The first-order chi connectivity index (χ1) is 13.0. The predicted molar refractivity (Wildman–Crippen MR) is 89.0 cm³/mol. The predicted octanol–water partition coefficient (Wildman–Crippen LogP) is 2.64. The number of hydrogen-bond acceptors (Lipinski definition) is 7. The van der Waals surface area contributed by atoms with E-state index >= 15 is 0 Å². The Hall–Kier alpha value is -2.48. The van der Waals surface area contributed by atoms with Crippen molar-refractivity contribution in [3.8, 4) is 0 Å². The first-order valence-electron chi connectivity index (χ1n) is 7.45. The normalized spacial score (nSPS) is 13.8. The maximum Gasteiger partial charge on any atom is 0.434 e. The van der Waals surface area contributed by atoms with Gasteiger partial charge < -0.3 is 10.5 Å². The lowest BCUT2D eigenvalue weighted by molar-refractivity contribution is -0.141. The van der Waals surface area contributed by atoms with Gasteiger partial charge in [-0.3, -0.25) is 9.79 Å². The summed E-state index contributed by atoms with van der Waals surface area (Å²) in [5, 5.41) is 4.04. The number of fused-ring (bicyclic) bond motifs is 1. The van der Waals surface area contributed by atoms with Crippen molar-refractivity contribution in [3.63, 3.8) is 0 Å². The summed E-state index contributed by atoms with van der Waals surface area (Å²) in [5.41, 5.74) is 1.09. The van der Waals surface area contributed by atoms with Crippen molar-refractivity contribution in [2.45, 2.75) is 25.4 Å². The Morgan fingerprint density at radius 3 is 2.54 bits per heavy atom. The molecular formula is C14H13F6N5O2S. The van der Waals surface area contributed by atoms with Crippen LogP contribution in [0.25, 0.3) is 10.5 Å². The van der Waals surface area contributed by atoms with Crippen molar-refractivity contribution in [2.24, 2.45) is 10.7 Å². The molecule has 0 amide bonds. The molecule has 0 saturated carbocycles. The average molecular weight is 429 g/mol. The van der Waals surface area contributed by atoms with Crippen LogP contribution in [0.15, 0.2) is 16.0 Å². The van der Waals surface area contributed by atoms with Crippen molar-refractivity contribution >= 4 is 28.1 Å². The molecule has 0 atom stereocenters. The fraction of sp³-hybridized carbons (Fsp3) is 0.429. The molecule has 2 aromatic heterocycles. The highest BCUT2D eigenvalue weighted by molar-refractivity contribution is 7.16. The van der Waals surface area contributed by atoms with Crippen LogP contribution in [0.5, 0.6) is 0 Å². The molecule has 2 N–H and O–H groups in total. The van der Waals surface area contributed by atoms with E-state index in [2.05, 4.69) is 15.1 Å². The van der Waals surface area contributed by atoms with Gasteiger partial charge in [0.25, 0.3) is 5.56 Å². The third kappa shape index (κ3) is 5.07. The van der Waals surface area contributed by atoms with Gasteiger partial charge in [0.05, 0.1) is 18.6 Å². The topological polar surface area (TPSA) is 94.9 Å². The average Bonchev–Trinajstić information content (AvgIpc) is 2.97. The smallest absolute Gasteiger partial charge is 0.404 e. The van der Waals surface area contributed by atoms with E-state index in [4.69, 9.17) is 10.5 Å². The van der Waals surface area contributed by atoms with Gasteiger partial charge in [0.15, 0.2) is 5.69 Å². The van der Waals surface area contributed by atoms with E-state index in [1.807, 2.05) is 0 Å². The van der Waals surface area contributed by atoms with Crippen LogP contribution in [-0.2, 0) is 17.5 Å². The Balaban J connectivity index is 2.57. The number of rotatable bonds is 6. The summed E-state index contributed by atoms with van der Waals surface area (Å²) in [6.45, 7) is -0.795. The van der Waals surface area contributed by atoms with Gasteiger partial charge in [0, 0.05) is 31.6 Å². The number of alkyl halides is 6. The number of hydrogen-bond donors (Lipinski definition) is 1. The van der Waals surface area contributed by atoms with E-state index in [9.17, 15) is 31.1 Å². The van der Waals surface area contributed by atoms with Gasteiger partial charge in [-0.15, -0.1) is 0 Å². The minimum Gasteiger partial charge on any atom is -0.404 e. The monoisotopic (exact) mass is 429 g/mol. The van der Waals surface area contributed by atoms with Gasteiger partial charge in [-0.25, -0.2) is 4.98 Å². The number of aromatic nitrogens is 3. The minimum atomic E-state index is -5.03. The second-order valence-corrected chi connectivity index (χ2v) is 6.32. The molecular weight excluding hydrogens is 416 g/mol. The molecule has 0 unspecified atom stereocenters. The van der Waals surface area contributed by atoms with Crippen molar-refractivity contribution in [2.75, 3.05) is 13.7 Å². The van der Waals surface area contributed by atoms with Gasteiger partial charge in [0.2, 0.25) is 4.96 Å². The molecule has 0 saturated heterocycles. The molecule has 0 fully saturated rings. The van der Waals surface area contributed by atoms with Gasteiger partial charge in [-0.1, -0.05) is 11.3 Å². The lowest BCUT2D eigenvalue weighted by atomic mass is 10.1. The fourth-order valence-electron chi connectivity index (χ4n) is 2.08. The summed E-state index contributed by atoms with van der Waals surface area (Å²) in [4.78, 5) is 19.1. The standard InChI is InChI=1S/C14H13F6N5O2S/c1-27-6-8-24-25-11(26)9(10(14(18,19)20)23-12(25)28-8)7(4-21)5-22-3-2-13(15,16)17/h4-5H,2-3,6,21H2,1H3. The Morgan fingerprint density at radius 2 is 2.00 bits per heavy atom. The Bertz CT molecular complexity index is 960. The molecule has 0 spiro atoms.